The zero-order chi connectivity index (χ0) is 16.2. The van der Waals surface area contributed by atoms with Crippen molar-refractivity contribution in [1.29, 1.82) is 0 Å². The van der Waals surface area contributed by atoms with Crippen LogP contribution in [0.4, 0.5) is 5.13 Å². The van der Waals surface area contributed by atoms with Crippen LogP contribution in [0, 0.1) is 0 Å². The number of thioether (sulfide) groups is 1. The number of carbonyl (C=O) groups excluding carboxylic acids is 1. The van der Waals surface area contributed by atoms with Crippen molar-refractivity contribution in [3.63, 3.8) is 0 Å². The third-order valence-electron chi connectivity index (χ3n) is 3.27. The highest BCUT2D eigenvalue weighted by molar-refractivity contribution is 7.98. The first-order chi connectivity index (χ1) is 11.2. The van der Waals surface area contributed by atoms with Gasteiger partial charge in [0.2, 0.25) is 0 Å². The summed E-state index contributed by atoms with van der Waals surface area (Å²) in [6.45, 7) is 4.16. The lowest BCUT2D eigenvalue weighted by molar-refractivity contribution is 0.0986. The molecule has 3 aromatic rings. The zero-order valence-electron chi connectivity index (χ0n) is 12.6. The van der Waals surface area contributed by atoms with Gasteiger partial charge in [-0.25, -0.2) is 9.97 Å². The molecule has 0 saturated carbocycles. The predicted molar refractivity (Wildman–Crippen MR) is 97.5 cm³/mol. The molecule has 1 aromatic carbocycles. The molecule has 0 fully saturated rings. The van der Waals surface area contributed by atoms with Gasteiger partial charge in [-0.1, -0.05) is 29.5 Å². The first-order valence-electron chi connectivity index (χ1n) is 7.02. The average Bonchev–Trinajstić information content (AvgIpc) is 3.02. The lowest BCUT2D eigenvalue weighted by Crippen LogP contribution is -2.31. The molecule has 6 heteroatoms. The van der Waals surface area contributed by atoms with E-state index in [0.717, 1.165) is 10.2 Å². The Balaban J connectivity index is 2.04. The van der Waals surface area contributed by atoms with Crippen molar-refractivity contribution in [3.05, 3.63) is 60.8 Å². The predicted octanol–water partition coefficient (Wildman–Crippen LogP) is 4.25. The Kier molecular flexibility index (Phi) is 4.73. The molecule has 23 heavy (non-hydrogen) atoms. The van der Waals surface area contributed by atoms with Gasteiger partial charge in [0.15, 0.2) is 5.13 Å². The molecule has 0 spiro atoms. The van der Waals surface area contributed by atoms with Crippen LogP contribution in [-0.2, 0) is 0 Å². The van der Waals surface area contributed by atoms with E-state index in [1.54, 1.807) is 29.3 Å². The van der Waals surface area contributed by atoms with Crippen molar-refractivity contribution in [2.45, 2.75) is 5.03 Å². The summed E-state index contributed by atoms with van der Waals surface area (Å²) >= 11 is 2.96. The highest BCUT2D eigenvalue weighted by atomic mass is 32.2. The van der Waals surface area contributed by atoms with Crippen LogP contribution in [0.1, 0.15) is 10.4 Å². The van der Waals surface area contributed by atoms with Crippen LogP contribution in [0.25, 0.3) is 10.2 Å². The number of para-hydroxylation sites is 1. The molecule has 1 amide bonds. The molecular weight excluding hydrogens is 326 g/mol. The molecule has 0 atom stereocenters. The molecule has 2 aromatic heterocycles. The molecule has 116 valence electrons. The van der Waals surface area contributed by atoms with Crippen LogP contribution in [0.15, 0.2) is 60.3 Å². The summed E-state index contributed by atoms with van der Waals surface area (Å²) in [5.41, 5.74) is 1.48. The van der Waals surface area contributed by atoms with E-state index < -0.39 is 0 Å². The number of carbonyl (C=O) groups is 1. The number of nitrogens with zero attached hydrogens (tertiary/aromatic N) is 3. The maximum atomic E-state index is 13.0. The van der Waals surface area contributed by atoms with Crippen molar-refractivity contribution in [2.75, 3.05) is 17.7 Å². The van der Waals surface area contributed by atoms with Gasteiger partial charge in [-0.15, -0.1) is 18.3 Å². The topological polar surface area (TPSA) is 46.1 Å². The second-order valence-electron chi connectivity index (χ2n) is 4.73. The third-order valence-corrected chi connectivity index (χ3v) is 5.04. The van der Waals surface area contributed by atoms with Gasteiger partial charge in [0, 0.05) is 12.7 Å². The molecule has 0 aliphatic rings. The van der Waals surface area contributed by atoms with Gasteiger partial charge >= 0.3 is 0 Å². The minimum atomic E-state index is -0.110. The normalized spacial score (nSPS) is 10.7. The van der Waals surface area contributed by atoms with Crippen LogP contribution in [0.3, 0.4) is 0 Å². The lowest BCUT2D eigenvalue weighted by atomic mass is 10.2. The number of anilines is 1. The summed E-state index contributed by atoms with van der Waals surface area (Å²) in [7, 11) is 0. The number of hydrogen-bond acceptors (Lipinski definition) is 5. The molecular formula is C17H15N3OS2. The van der Waals surface area contributed by atoms with Crippen LogP contribution in [-0.4, -0.2) is 28.7 Å². The van der Waals surface area contributed by atoms with Crippen molar-refractivity contribution in [2.24, 2.45) is 0 Å². The zero-order valence-corrected chi connectivity index (χ0v) is 14.2. The number of amides is 1. The highest BCUT2D eigenvalue weighted by Gasteiger charge is 2.22. The lowest BCUT2D eigenvalue weighted by Gasteiger charge is -2.18. The van der Waals surface area contributed by atoms with E-state index in [1.165, 1.54) is 23.1 Å². The monoisotopic (exact) mass is 341 g/mol. The quantitative estimate of drug-likeness (QED) is 0.514. The molecule has 0 saturated heterocycles. The summed E-state index contributed by atoms with van der Waals surface area (Å²) in [6, 6.07) is 11.4. The van der Waals surface area contributed by atoms with Gasteiger partial charge in [0.1, 0.15) is 5.03 Å². The molecule has 0 bridgehead atoms. The largest absolute Gasteiger partial charge is 0.280 e. The van der Waals surface area contributed by atoms with Crippen molar-refractivity contribution >= 4 is 44.4 Å². The Hall–Kier alpha value is -2.18. The Morgan fingerprint density at radius 3 is 2.91 bits per heavy atom. The van der Waals surface area contributed by atoms with Gasteiger partial charge in [0.25, 0.3) is 5.91 Å². The standard InChI is InChI=1S/C17H15N3OS2/c1-3-11-20(16(21)12-7-6-10-18-15(12)22-2)17-19-13-8-4-5-9-14(13)23-17/h3-10H,1,11H2,2H3. The highest BCUT2D eigenvalue weighted by Crippen LogP contribution is 2.30. The molecule has 0 radical (unpaired) electrons. The number of pyridine rings is 1. The summed E-state index contributed by atoms with van der Waals surface area (Å²) in [5.74, 6) is -0.110. The Bertz CT molecular complexity index is 827. The third kappa shape index (κ3) is 3.13. The van der Waals surface area contributed by atoms with Crippen molar-refractivity contribution < 1.29 is 4.79 Å². The van der Waals surface area contributed by atoms with Gasteiger partial charge in [-0.05, 0) is 30.5 Å². The first kappa shape index (κ1) is 15.7. The number of hydrogen-bond donors (Lipinski definition) is 0. The van der Waals surface area contributed by atoms with Crippen LogP contribution in [0.2, 0.25) is 0 Å². The second-order valence-corrected chi connectivity index (χ2v) is 6.53. The fourth-order valence-electron chi connectivity index (χ4n) is 2.21. The van der Waals surface area contributed by atoms with E-state index >= 15 is 0 Å². The smallest absolute Gasteiger partial charge is 0.263 e. The molecule has 4 nitrogen and oxygen atoms in total. The summed E-state index contributed by atoms with van der Waals surface area (Å²) in [4.78, 5) is 23.5. The molecule has 0 aliphatic heterocycles. The fraction of sp³-hybridized carbons (Fsp3) is 0.118. The molecule has 0 unspecified atom stereocenters. The molecule has 2 heterocycles. The SMILES string of the molecule is C=CCN(C(=O)c1cccnc1SC)c1nc2ccccc2s1. The van der Waals surface area contributed by atoms with Gasteiger partial charge in [0.05, 0.1) is 15.8 Å². The number of benzene rings is 1. The fourth-order valence-corrected chi connectivity index (χ4v) is 3.73. The average molecular weight is 341 g/mol. The maximum absolute atomic E-state index is 13.0. The van der Waals surface area contributed by atoms with E-state index in [0.29, 0.717) is 22.3 Å². The van der Waals surface area contributed by atoms with Crippen molar-refractivity contribution in [1.82, 2.24) is 9.97 Å². The number of thiazole rings is 1. The Morgan fingerprint density at radius 1 is 1.35 bits per heavy atom. The molecule has 3 rings (SSSR count). The molecule has 0 N–H and O–H groups in total. The summed E-state index contributed by atoms with van der Waals surface area (Å²) in [5, 5.41) is 1.39. The van der Waals surface area contributed by atoms with E-state index in [4.69, 9.17) is 0 Å². The van der Waals surface area contributed by atoms with Gasteiger partial charge in [-0.3, -0.25) is 9.69 Å². The number of aromatic nitrogens is 2. The Labute approximate surface area is 142 Å². The van der Waals surface area contributed by atoms with Gasteiger partial charge < -0.3 is 0 Å². The number of rotatable bonds is 5. The summed E-state index contributed by atoms with van der Waals surface area (Å²) in [6.07, 6.45) is 5.31. The first-order valence-corrected chi connectivity index (χ1v) is 9.06. The minimum absolute atomic E-state index is 0.110. The van der Waals surface area contributed by atoms with Crippen molar-refractivity contribution in [3.8, 4) is 0 Å². The maximum Gasteiger partial charge on any atom is 0.263 e. The van der Waals surface area contributed by atoms with Crippen LogP contribution < -0.4 is 4.90 Å². The Morgan fingerprint density at radius 2 is 2.17 bits per heavy atom. The van der Waals surface area contributed by atoms with Crippen LogP contribution >= 0.6 is 23.1 Å². The van der Waals surface area contributed by atoms with E-state index in [1.807, 2.05) is 30.5 Å². The van der Waals surface area contributed by atoms with E-state index in [2.05, 4.69) is 16.5 Å². The summed E-state index contributed by atoms with van der Waals surface area (Å²) < 4.78 is 1.06. The second kappa shape index (κ2) is 6.93. The minimum Gasteiger partial charge on any atom is -0.280 e. The molecule has 0 aliphatic carbocycles. The van der Waals surface area contributed by atoms with E-state index in [-0.39, 0.29) is 5.91 Å². The van der Waals surface area contributed by atoms with Gasteiger partial charge in [-0.2, -0.15) is 0 Å². The van der Waals surface area contributed by atoms with E-state index in [9.17, 15) is 4.79 Å². The van der Waals surface area contributed by atoms with Crippen LogP contribution in [0.5, 0.6) is 0 Å². The number of fused-ring (bicyclic) bond motifs is 1.